The number of rotatable bonds is 5. The zero-order chi connectivity index (χ0) is 24.9. The smallest absolute Gasteiger partial charge is 0.269 e. The Balaban J connectivity index is 1.36. The van der Waals surface area contributed by atoms with Gasteiger partial charge in [0.1, 0.15) is 6.17 Å². The molecule has 0 bridgehead atoms. The molecule has 1 saturated heterocycles. The SMILES string of the molecule is Cn1ccc(-c2cn(S(=O)(=O)c3ccccc3)c3ncc(C4CCC(N5CC[C@H](F)C5)CC4)cc23)n1. The molecule has 4 heterocycles. The van der Waals surface area contributed by atoms with Crippen LogP contribution in [-0.4, -0.2) is 57.4 Å². The number of benzene rings is 1. The number of hydrogen-bond acceptors (Lipinski definition) is 5. The molecule has 0 N–H and O–H groups in total. The van der Waals surface area contributed by atoms with Gasteiger partial charge < -0.3 is 0 Å². The van der Waals surface area contributed by atoms with Gasteiger partial charge in [0.15, 0.2) is 5.65 Å². The maximum atomic E-state index is 13.7. The van der Waals surface area contributed by atoms with Gasteiger partial charge in [-0.25, -0.2) is 21.8 Å². The fraction of sp³-hybridized carbons (Fsp3) is 0.407. The number of pyridine rings is 1. The molecular weight excluding hydrogens is 477 g/mol. The molecule has 3 aromatic heterocycles. The number of alkyl halides is 1. The first-order valence-electron chi connectivity index (χ1n) is 12.6. The van der Waals surface area contributed by atoms with Crippen molar-refractivity contribution in [3.8, 4) is 11.3 Å². The number of halogens is 1. The van der Waals surface area contributed by atoms with E-state index in [0.29, 0.717) is 36.3 Å². The number of aryl methyl sites for hydroxylation is 1. The van der Waals surface area contributed by atoms with E-state index < -0.39 is 16.2 Å². The Morgan fingerprint density at radius 1 is 1.03 bits per heavy atom. The Morgan fingerprint density at radius 3 is 2.47 bits per heavy atom. The van der Waals surface area contributed by atoms with Crippen LogP contribution < -0.4 is 0 Å². The summed E-state index contributed by atoms with van der Waals surface area (Å²) in [5, 5.41) is 5.33. The molecule has 0 radical (unpaired) electrons. The van der Waals surface area contributed by atoms with E-state index in [1.165, 1.54) is 3.97 Å². The van der Waals surface area contributed by atoms with Gasteiger partial charge in [-0.1, -0.05) is 18.2 Å². The molecule has 0 spiro atoms. The van der Waals surface area contributed by atoms with E-state index in [0.717, 1.165) is 48.7 Å². The maximum Gasteiger partial charge on any atom is 0.269 e. The summed E-state index contributed by atoms with van der Waals surface area (Å²) in [5.74, 6) is 0.354. The molecule has 1 aliphatic carbocycles. The van der Waals surface area contributed by atoms with Crippen LogP contribution in [0.25, 0.3) is 22.3 Å². The van der Waals surface area contributed by atoms with Gasteiger partial charge in [-0.15, -0.1) is 0 Å². The molecule has 1 atom stereocenters. The lowest BCUT2D eigenvalue weighted by Gasteiger charge is -2.34. The molecule has 2 aliphatic rings. The summed E-state index contributed by atoms with van der Waals surface area (Å²) in [6.45, 7) is 1.43. The number of nitrogens with zero attached hydrogens (tertiary/aromatic N) is 5. The van der Waals surface area contributed by atoms with Crippen molar-refractivity contribution in [2.45, 2.75) is 55.1 Å². The van der Waals surface area contributed by atoms with Crippen molar-refractivity contribution < 1.29 is 12.8 Å². The lowest BCUT2D eigenvalue weighted by Crippen LogP contribution is -2.36. The van der Waals surface area contributed by atoms with Crippen LogP contribution in [-0.2, 0) is 17.1 Å². The van der Waals surface area contributed by atoms with Gasteiger partial charge in [-0.2, -0.15) is 5.10 Å². The van der Waals surface area contributed by atoms with Gasteiger partial charge in [0.2, 0.25) is 0 Å². The van der Waals surface area contributed by atoms with Crippen LogP contribution in [0.5, 0.6) is 0 Å². The lowest BCUT2D eigenvalue weighted by atomic mass is 9.81. The highest BCUT2D eigenvalue weighted by molar-refractivity contribution is 7.90. The van der Waals surface area contributed by atoms with E-state index in [2.05, 4.69) is 16.1 Å². The second kappa shape index (κ2) is 9.12. The molecular formula is C27H30FN5O2S. The van der Waals surface area contributed by atoms with Crippen molar-refractivity contribution in [2.75, 3.05) is 13.1 Å². The molecule has 36 heavy (non-hydrogen) atoms. The Kier molecular flexibility index (Phi) is 5.92. The summed E-state index contributed by atoms with van der Waals surface area (Å²) in [6.07, 6.45) is 9.43. The van der Waals surface area contributed by atoms with Crippen molar-refractivity contribution in [3.63, 3.8) is 0 Å². The molecule has 1 aromatic carbocycles. The summed E-state index contributed by atoms with van der Waals surface area (Å²) in [5.41, 5.74) is 2.99. The van der Waals surface area contributed by atoms with Crippen molar-refractivity contribution in [3.05, 3.63) is 66.6 Å². The molecule has 2 fully saturated rings. The Bertz CT molecular complexity index is 1490. The Morgan fingerprint density at radius 2 is 1.81 bits per heavy atom. The average molecular weight is 508 g/mol. The maximum absolute atomic E-state index is 13.7. The summed E-state index contributed by atoms with van der Waals surface area (Å²) in [7, 11) is -1.98. The Hall–Kier alpha value is -3.04. The van der Waals surface area contributed by atoms with E-state index in [1.54, 1.807) is 41.2 Å². The molecule has 6 rings (SSSR count). The van der Waals surface area contributed by atoms with Crippen molar-refractivity contribution in [2.24, 2.45) is 7.05 Å². The molecule has 1 aliphatic heterocycles. The van der Waals surface area contributed by atoms with Crippen LogP contribution in [0.2, 0.25) is 0 Å². The van der Waals surface area contributed by atoms with Crippen LogP contribution in [0, 0.1) is 0 Å². The van der Waals surface area contributed by atoms with Crippen LogP contribution in [0.1, 0.15) is 43.6 Å². The van der Waals surface area contributed by atoms with Gasteiger partial charge in [0.05, 0.1) is 10.6 Å². The number of likely N-dealkylation sites (tertiary alicyclic amines) is 1. The number of fused-ring (bicyclic) bond motifs is 1. The van der Waals surface area contributed by atoms with Gasteiger partial charge in [-0.3, -0.25) is 9.58 Å². The first-order chi connectivity index (χ1) is 17.4. The van der Waals surface area contributed by atoms with E-state index in [4.69, 9.17) is 4.98 Å². The van der Waals surface area contributed by atoms with Crippen LogP contribution >= 0.6 is 0 Å². The normalized spacial score (nSPS) is 23.4. The van der Waals surface area contributed by atoms with Crippen molar-refractivity contribution in [1.29, 1.82) is 0 Å². The quantitative estimate of drug-likeness (QED) is 0.390. The predicted molar refractivity (Wildman–Crippen MR) is 137 cm³/mol. The second-order valence-electron chi connectivity index (χ2n) is 10.1. The summed E-state index contributed by atoms with van der Waals surface area (Å²) >= 11 is 0. The monoisotopic (exact) mass is 507 g/mol. The second-order valence-corrected chi connectivity index (χ2v) is 11.9. The minimum atomic E-state index is -3.82. The third kappa shape index (κ3) is 4.14. The topological polar surface area (TPSA) is 73.0 Å². The largest absolute Gasteiger partial charge is 0.297 e. The molecule has 4 aromatic rings. The van der Waals surface area contributed by atoms with Gasteiger partial charge in [-0.05, 0) is 67.9 Å². The summed E-state index contributed by atoms with van der Waals surface area (Å²) < 4.78 is 43.8. The van der Waals surface area contributed by atoms with Crippen LogP contribution in [0.15, 0.2) is 66.0 Å². The fourth-order valence-electron chi connectivity index (χ4n) is 5.82. The average Bonchev–Trinajstić information content (AvgIpc) is 3.62. The van der Waals surface area contributed by atoms with Crippen molar-refractivity contribution in [1.82, 2.24) is 23.6 Å². The minimum Gasteiger partial charge on any atom is -0.297 e. The standard InChI is InChI=1S/C27H30FN5O2S/c1-31-13-12-26(30-31)25-18-33(36(34,35)23-5-3-2-4-6-23)27-24(25)15-20(16-29-27)19-7-9-22(10-8-19)32-14-11-21(28)17-32/h2-6,12-13,15-16,18-19,21-22H,7-11,14,17H2,1H3/t19?,21-,22?/m0/s1. The molecule has 188 valence electrons. The number of aromatic nitrogens is 4. The zero-order valence-electron chi connectivity index (χ0n) is 20.3. The van der Waals surface area contributed by atoms with Crippen molar-refractivity contribution >= 4 is 21.1 Å². The highest BCUT2D eigenvalue weighted by Gasteiger charge is 2.32. The van der Waals surface area contributed by atoms with Gasteiger partial charge >= 0.3 is 0 Å². The third-order valence-corrected chi connectivity index (χ3v) is 9.43. The van der Waals surface area contributed by atoms with Gasteiger partial charge in [0.25, 0.3) is 10.0 Å². The number of hydrogen-bond donors (Lipinski definition) is 0. The van der Waals surface area contributed by atoms with E-state index >= 15 is 0 Å². The highest BCUT2D eigenvalue weighted by atomic mass is 32.2. The lowest BCUT2D eigenvalue weighted by molar-refractivity contribution is 0.170. The summed E-state index contributed by atoms with van der Waals surface area (Å²) in [4.78, 5) is 7.23. The summed E-state index contributed by atoms with van der Waals surface area (Å²) in [6, 6.07) is 12.9. The predicted octanol–water partition coefficient (Wildman–Crippen LogP) is 4.74. The third-order valence-electron chi connectivity index (χ3n) is 7.77. The van der Waals surface area contributed by atoms with Gasteiger partial charge in [0, 0.05) is 55.7 Å². The highest BCUT2D eigenvalue weighted by Crippen LogP contribution is 2.39. The van der Waals surface area contributed by atoms with Crippen LogP contribution in [0.4, 0.5) is 4.39 Å². The fourth-order valence-corrected chi connectivity index (χ4v) is 7.17. The Labute approximate surface area is 210 Å². The molecule has 0 amide bonds. The zero-order valence-corrected chi connectivity index (χ0v) is 21.1. The van der Waals surface area contributed by atoms with Crippen LogP contribution in [0.3, 0.4) is 0 Å². The minimum absolute atomic E-state index is 0.219. The molecule has 1 saturated carbocycles. The molecule has 7 nitrogen and oxygen atoms in total. The van der Waals surface area contributed by atoms with E-state index in [1.807, 2.05) is 25.5 Å². The van der Waals surface area contributed by atoms with E-state index in [-0.39, 0.29) is 4.90 Å². The molecule has 0 unspecified atom stereocenters. The first kappa shape index (κ1) is 23.4. The first-order valence-corrected chi connectivity index (χ1v) is 14.0. The molecule has 9 heteroatoms. The van der Waals surface area contributed by atoms with E-state index in [9.17, 15) is 12.8 Å².